The molecule has 1 heterocycles. The number of benzene rings is 1. The van der Waals surface area contributed by atoms with E-state index in [1.165, 1.54) is 0 Å². The number of carboxylic acids is 1. The minimum absolute atomic E-state index is 0.246. The molecule has 3 N–H and O–H groups in total. The number of hydrogen-bond acceptors (Lipinski definition) is 3. The van der Waals surface area contributed by atoms with Gasteiger partial charge < -0.3 is 15.7 Å². The number of amides is 1. The summed E-state index contributed by atoms with van der Waals surface area (Å²) < 4.78 is 0. The smallest absolute Gasteiger partial charge is 0.326 e. The highest BCUT2D eigenvalue weighted by Crippen LogP contribution is 2.31. The van der Waals surface area contributed by atoms with E-state index in [4.69, 9.17) is 0 Å². The molecule has 1 aliphatic heterocycles. The number of rotatable bonds is 3. The number of anilines is 1. The monoisotopic (exact) mass is 276 g/mol. The van der Waals surface area contributed by atoms with E-state index in [0.717, 1.165) is 11.3 Å². The number of carboxylic acid groups (broad SMARTS) is 1. The molecule has 20 heavy (non-hydrogen) atoms. The van der Waals surface area contributed by atoms with Crippen molar-refractivity contribution in [3.63, 3.8) is 0 Å². The maximum absolute atomic E-state index is 12.4. The Morgan fingerprint density at radius 1 is 1.35 bits per heavy atom. The fourth-order valence-corrected chi connectivity index (χ4v) is 2.41. The Hall–Kier alpha value is -2.04. The number of carbonyl (C=O) groups excluding carboxylic acids is 1. The SMILES string of the molecule is CC(C)(C)[C@@H](NC(=O)C1CNc2ccccc21)C(=O)O. The van der Waals surface area contributed by atoms with E-state index in [1.807, 2.05) is 24.3 Å². The second kappa shape index (κ2) is 5.15. The third-order valence-electron chi connectivity index (χ3n) is 3.55. The van der Waals surface area contributed by atoms with Crippen molar-refractivity contribution in [1.29, 1.82) is 0 Å². The second-order valence-corrected chi connectivity index (χ2v) is 6.17. The van der Waals surface area contributed by atoms with Gasteiger partial charge in [0, 0.05) is 12.2 Å². The molecule has 1 unspecified atom stereocenters. The van der Waals surface area contributed by atoms with E-state index in [2.05, 4.69) is 10.6 Å². The molecule has 1 aliphatic rings. The van der Waals surface area contributed by atoms with Gasteiger partial charge in [-0.1, -0.05) is 39.0 Å². The Kier molecular flexibility index (Phi) is 3.70. The normalized spacial score (nSPS) is 18.9. The molecule has 1 aromatic rings. The van der Waals surface area contributed by atoms with Gasteiger partial charge in [0.05, 0.1) is 5.92 Å². The molecule has 0 saturated carbocycles. The van der Waals surface area contributed by atoms with Crippen LogP contribution in [0.2, 0.25) is 0 Å². The zero-order chi connectivity index (χ0) is 14.9. The maximum Gasteiger partial charge on any atom is 0.326 e. The van der Waals surface area contributed by atoms with Crippen LogP contribution >= 0.6 is 0 Å². The number of aliphatic carboxylic acids is 1. The molecule has 0 fully saturated rings. The van der Waals surface area contributed by atoms with E-state index in [1.54, 1.807) is 20.8 Å². The van der Waals surface area contributed by atoms with Crippen molar-refractivity contribution in [2.24, 2.45) is 5.41 Å². The highest BCUT2D eigenvalue weighted by atomic mass is 16.4. The third kappa shape index (κ3) is 2.76. The lowest BCUT2D eigenvalue weighted by Crippen LogP contribution is -2.50. The Bertz CT molecular complexity index is 534. The summed E-state index contributed by atoms with van der Waals surface area (Å²) >= 11 is 0. The van der Waals surface area contributed by atoms with Gasteiger partial charge in [0.15, 0.2) is 0 Å². The number of fused-ring (bicyclic) bond motifs is 1. The highest BCUT2D eigenvalue weighted by molar-refractivity contribution is 5.91. The topological polar surface area (TPSA) is 78.4 Å². The van der Waals surface area contributed by atoms with Gasteiger partial charge in [0.1, 0.15) is 6.04 Å². The molecule has 108 valence electrons. The largest absolute Gasteiger partial charge is 0.480 e. The van der Waals surface area contributed by atoms with Crippen molar-refractivity contribution >= 4 is 17.6 Å². The van der Waals surface area contributed by atoms with E-state index in [9.17, 15) is 14.7 Å². The molecule has 2 atom stereocenters. The zero-order valence-corrected chi connectivity index (χ0v) is 11.9. The Balaban J connectivity index is 2.15. The molecule has 0 radical (unpaired) electrons. The van der Waals surface area contributed by atoms with Crippen molar-refractivity contribution in [3.8, 4) is 0 Å². The van der Waals surface area contributed by atoms with E-state index < -0.39 is 17.4 Å². The van der Waals surface area contributed by atoms with Crippen LogP contribution in [0.25, 0.3) is 0 Å². The minimum Gasteiger partial charge on any atom is -0.480 e. The van der Waals surface area contributed by atoms with E-state index in [0.29, 0.717) is 6.54 Å². The van der Waals surface area contributed by atoms with Crippen LogP contribution in [-0.2, 0) is 9.59 Å². The summed E-state index contributed by atoms with van der Waals surface area (Å²) in [5.74, 6) is -1.59. The molecule has 5 nitrogen and oxygen atoms in total. The highest BCUT2D eigenvalue weighted by Gasteiger charge is 2.36. The van der Waals surface area contributed by atoms with Crippen molar-refractivity contribution in [3.05, 3.63) is 29.8 Å². The van der Waals surface area contributed by atoms with Crippen molar-refractivity contribution < 1.29 is 14.7 Å². The molecule has 0 aromatic heterocycles. The first kappa shape index (κ1) is 14.4. The number of carbonyl (C=O) groups is 2. The summed E-state index contributed by atoms with van der Waals surface area (Å²) in [4.78, 5) is 23.7. The number of nitrogens with one attached hydrogen (secondary N) is 2. The van der Waals surface area contributed by atoms with E-state index in [-0.39, 0.29) is 11.8 Å². The summed E-state index contributed by atoms with van der Waals surface area (Å²) in [6.07, 6.45) is 0. The fourth-order valence-electron chi connectivity index (χ4n) is 2.41. The van der Waals surface area contributed by atoms with Crippen LogP contribution in [0.15, 0.2) is 24.3 Å². The average molecular weight is 276 g/mol. The summed E-state index contributed by atoms with van der Waals surface area (Å²) in [6, 6.07) is 6.70. The van der Waals surface area contributed by atoms with Gasteiger partial charge in [-0.15, -0.1) is 0 Å². The molecule has 1 aromatic carbocycles. The number of hydrogen-bond donors (Lipinski definition) is 3. The molecule has 0 spiro atoms. The van der Waals surface area contributed by atoms with Crippen LogP contribution < -0.4 is 10.6 Å². The predicted octanol–water partition coefficient (Wildman–Crippen LogP) is 1.81. The summed E-state index contributed by atoms with van der Waals surface area (Å²) in [5, 5.41) is 15.1. The first-order valence-electron chi connectivity index (χ1n) is 6.66. The Labute approximate surface area is 118 Å². The fraction of sp³-hybridized carbons (Fsp3) is 0.467. The first-order valence-corrected chi connectivity index (χ1v) is 6.66. The van der Waals surface area contributed by atoms with Crippen molar-refractivity contribution in [1.82, 2.24) is 5.32 Å². The summed E-state index contributed by atoms with van der Waals surface area (Å²) in [7, 11) is 0. The van der Waals surface area contributed by atoms with Gasteiger partial charge in [-0.2, -0.15) is 0 Å². The molecule has 2 rings (SSSR count). The molecule has 1 amide bonds. The van der Waals surface area contributed by atoms with Crippen LogP contribution in [-0.4, -0.2) is 29.6 Å². The second-order valence-electron chi connectivity index (χ2n) is 6.17. The lowest BCUT2D eigenvalue weighted by atomic mass is 9.86. The standard InChI is InChI=1S/C15H20N2O3/c1-15(2,3)12(14(19)20)17-13(18)10-8-16-11-7-5-4-6-9(10)11/h4-7,10,12,16H,8H2,1-3H3,(H,17,18)(H,19,20)/t10?,12-/m0/s1. The summed E-state index contributed by atoms with van der Waals surface area (Å²) in [5.41, 5.74) is 1.32. The quantitative estimate of drug-likeness (QED) is 0.786. The van der Waals surface area contributed by atoms with Crippen LogP contribution in [0.3, 0.4) is 0 Å². The van der Waals surface area contributed by atoms with Gasteiger partial charge in [-0.05, 0) is 17.0 Å². The summed E-state index contributed by atoms with van der Waals surface area (Å²) in [6.45, 7) is 5.90. The van der Waals surface area contributed by atoms with Gasteiger partial charge in [-0.3, -0.25) is 4.79 Å². The first-order chi connectivity index (χ1) is 9.30. The molecule has 5 heteroatoms. The van der Waals surface area contributed by atoms with Gasteiger partial charge in [0.25, 0.3) is 0 Å². The Morgan fingerprint density at radius 3 is 2.60 bits per heavy atom. The van der Waals surface area contributed by atoms with Crippen molar-refractivity contribution in [2.45, 2.75) is 32.7 Å². The van der Waals surface area contributed by atoms with Gasteiger partial charge in [-0.25, -0.2) is 4.79 Å². The van der Waals surface area contributed by atoms with Crippen molar-refractivity contribution in [2.75, 3.05) is 11.9 Å². The molecule has 0 bridgehead atoms. The number of para-hydroxylation sites is 1. The molecule has 0 aliphatic carbocycles. The molecule has 0 saturated heterocycles. The van der Waals surface area contributed by atoms with Gasteiger partial charge >= 0.3 is 5.97 Å². The minimum atomic E-state index is -1.01. The van der Waals surface area contributed by atoms with Crippen LogP contribution in [0.4, 0.5) is 5.69 Å². The third-order valence-corrected chi connectivity index (χ3v) is 3.55. The lowest BCUT2D eigenvalue weighted by molar-refractivity contribution is -0.145. The van der Waals surface area contributed by atoms with E-state index >= 15 is 0 Å². The zero-order valence-electron chi connectivity index (χ0n) is 11.9. The van der Waals surface area contributed by atoms with Crippen LogP contribution in [0.5, 0.6) is 0 Å². The Morgan fingerprint density at radius 2 is 2.00 bits per heavy atom. The van der Waals surface area contributed by atoms with Gasteiger partial charge in [0.2, 0.25) is 5.91 Å². The van der Waals surface area contributed by atoms with Crippen LogP contribution in [0, 0.1) is 5.41 Å². The maximum atomic E-state index is 12.4. The molecular formula is C15H20N2O3. The molecular weight excluding hydrogens is 256 g/mol. The lowest BCUT2D eigenvalue weighted by Gasteiger charge is -2.28. The van der Waals surface area contributed by atoms with Crippen LogP contribution in [0.1, 0.15) is 32.3 Å². The average Bonchev–Trinajstić information content (AvgIpc) is 2.77. The predicted molar refractivity (Wildman–Crippen MR) is 76.7 cm³/mol.